The number of amides is 1. The lowest BCUT2D eigenvalue weighted by Crippen LogP contribution is -2.13. The van der Waals surface area contributed by atoms with Gasteiger partial charge < -0.3 is 4.52 Å². The van der Waals surface area contributed by atoms with E-state index in [-0.39, 0.29) is 5.91 Å². The van der Waals surface area contributed by atoms with Gasteiger partial charge in [0.15, 0.2) is 5.13 Å². The van der Waals surface area contributed by atoms with Crippen LogP contribution in [-0.4, -0.2) is 16.0 Å². The molecule has 4 rings (SSSR count). The van der Waals surface area contributed by atoms with Gasteiger partial charge in [-0.3, -0.25) is 10.1 Å². The van der Waals surface area contributed by atoms with Gasteiger partial charge in [-0.25, -0.2) is 4.98 Å². The number of thiazole rings is 1. The van der Waals surface area contributed by atoms with E-state index in [1.54, 1.807) is 13.1 Å². The molecule has 0 aliphatic heterocycles. The first-order chi connectivity index (χ1) is 13.6. The number of aryl methyl sites for hydroxylation is 1. The quantitative estimate of drug-likeness (QED) is 0.465. The van der Waals surface area contributed by atoms with Crippen molar-refractivity contribution < 1.29 is 9.32 Å². The van der Waals surface area contributed by atoms with Gasteiger partial charge in [0.2, 0.25) is 0 Å². The number of carbonyl (C=O) groups excluding carboxylic acids is 1. The molecule has 1 N–H and O–H groups in total. The molecule has 4 aromatic rings. The van der Waals surface area contributed by atoms with Gasteiger partial charge in [0, 0.05) is 28.1 Å². The van der Waals surface area contributed by atoms with Crippen LogP contribution in [0.5, 0.6) is 0 Å². The van der Waals surface area contributed by atoms with Crippen LogP contribution in [0, 0.1) is 6.92 Å². The minimum atomic E-state index is -0.291. The molecule has 0 spiro atoms. The summed E-state index contributed by atoms with van der Waals surface area (Å²) in [6.45, 7) is 1.72. The van der Waals surface area contributed by atoms with Crippen LogP contribution in [0.4, 0.5) is 5.13 Å². The van der Waals surface area contributed by atoms with Crippen LogP contribution >= 0.6 is 22.9 Å². The van der Waals surface area contributed by atoms with Crippen molar-refractivity contribution in [2.24, 2.45) is 0 Å². The third-order valence-corrected chi connectivity index (χ3v) is 5.33. The average molecular weight is 410 g/mol. The Bertz CT molecular complexity index is 1120. The summed E-state index contributed by atoms with van der Waals surface area (Å²) in [5, 5.41) is 8.14. The van der Waals surface area contributed by atoms with Crippen molar-refractivity contribution in [2.45, 2.75) is 13.3 Å². The Kier molecular flexibility index (Phi) is 5.23. The predicted octanol–water partition coefficient (Wildman–Crippen LogP) is 5.60. The number of anilines is 1. The van der Waals surface area contributed by atoms with Gasteiger partial charge in [0.1, 0.15) is 17.0 Å². The highest BCUT2D eigenvalue weighted by Crippen LogP contribution is 2.27. The van der Waals surface area contributed by atoms with Gasteiger partial charge in [-0.05, 0) is 24.6 Å². The van der Waals surface area contributed by atoms with Crippen LogP contribution in [0.15, 0.2) is 65.3 Å². The van der Waals surface area contributed by atoms with E-state index in [0.717, 1.165) is 16.0 Å². The lowest BCUT2D eigenvalue weighted by atomic mass is 10.1. The summed E-state index contributed by atoms with van der Waals surface area (Å²) in [6.07, 6.45) is 2.47. The van der Waals surface area contributed by atoms with E-state index in [1.165, 1.54) is 11.3 Å². The Morgan fingerprint density at radius 3 is 2.79 bits per heavy atom. The Balaban J connectivity index is 1.52. The maximum Gasteiger partial charge on any atom is 0.263 e. The van der Waals surface area contributed by atoms with E-state index in [1.807, 2.05) is 54.6 Å². The monoisotopic (exact) mass is 409 g/mol. The van der Waals surface area contributed by atoms with Crippen molar-refractivity contribution in [3.63, 3.8) is 0 Å². The zero-order chi connectivity index (χ0) is 19.5. The SMILES string of the molecule is Cc1onc(-c2ccccc2)c1C(=O)Nc1ncc(Cc2cccc(Cl)c2)s1. The van der Waals surface area contributed by atoms with Crippen LogP contribution in [0.25, 0.3) is 11.3 Å². The average Bonchev–Trinajstić information content (AvgIpc) is 3.28. The molecule has 2 aromatic heterocycles. The third kappa shape index (κ3) is 3.98. The van der Waals surface area contributed by atoms with E-state index in [4.69, 9.17) is 16.1 Å². The van der Waals surface area contributed by atoms with Crippen molar-refractivity contribution in [1.29, 1.82) is 0 Å². The number of carbonyl (C=O) groups is 1. The number of nitrogens with zero attached hydrogens (tertiary/aromatic N) is 2. The van der Waals surface area contributed by atoms with Gasteiger partial charge >= 0.3 is 0 Å². The molecule has 0 unspecified atom stereocenters. The summed E-state index contributed by atoms with van der Waals surface area (Å²) in [4.78, 5) is 18.2. The fraction of sp³-hybridized carbons (Fsp3) is 0.0952. The van der Waals surface area contributed by atoms with E-state index in [9.17, 15) is 4.79 Å². The van der Waals surface area contributed by atoms with Crippen molar-refractivity contribution >= 4 is 34.0 Å². The second-order valence-electron chi connectivity index (χ2n) is 6.22. The summed E-state index contributed by atoms with van der Waals surface area (Å²) >= 11 is 7.47. The minimum Gasteiger partial charge on any atom is -0.360 e. The summed E-state index contributed by atoms with van der Waals surface area (Å²) in [5.41, 5.74) is 2.85. The fourth-order valence-corrected chi connectivity index (χ4v) is 3.94. The zero-order valence-electron chi connectivity index (χ0n) is 15.0. The maximum atomic E-state index is 12.8. The largest absolute Gasteiger partial charge is 0.360 e. The molecule has 0 atom stereocenters. The number of aromatic nitrogens is 2. The lowest BCUT2D eigenvalue weighted by Gasteiger charge is -2.03. The summed E-state index contributed by atoms with van der Waals surface area (Å²) in [7, 11) is 0. The number of benzene rings is 2. The molecule has 7 heteroatoms. The highest BCUT2D eigenvalue weighted by atomic mass is 35.5. The van der Waals surface area contributed by atoms with Crippen LogP contribution in [0.3, 0.4) is 0 Å². The number of hydrogen-bond acceptors (Lipinski definition) is 5. The van der Waals surface area contributed by atoms with Gasteiger partial charge in [0.25, 0.3) is 5.91 Å². The highest BCUT2D eigenvalue weighted by molar-refractivity contribution is 7.15. The molecule has 0 fully saturated rings. The number of halogens is 1. The molecule has 0 bridgehead atoms. The molecular formula is C21H16ClN3O2S. The second kappa shape index (κ2) is 7.96. The van der Waals surface area contributed by atoms with Crippen molar-refractivity contribution in [2.75, 3.05) is 5.32 Å². The Morgan fingerprint density at radius 2 is 2.00 bits per heavy atom. The molecule has 0 radical (unpaired) electrons. The van der Waals surface area contributed by atoms with Crippen LogP contribution in [0.2, 0.25) is 5.02 Å². The molecule has 0 saturated heterocycles. The van der Waals surface area contributed by atoms with Crippen molar-refractivity contribution in [3.05, 3.63) is 87.6 Å². The number of rotatable bonds is 5. The summed E-state index contributed by atoms with van der Waals surface area (Å²) in [5.74, 6) is 0.174. The highest BCUT2D eigenvalue weighted by Gasteiger charge is 2.22. The fourth-order valence-electron chi connectivity index (χ4n) is 2.89. The normalized spacial score (nSPS) is 10.8. The van der Waals surface area contributed by atoms with Gasteiger partial charge in [-0.2, -0.15) is 0 Å². The molecule has 1 amide bonds. The summed E-state index contributed by atoms with van der Waals surface area (Å²) < 4.78 is 5.26. The molecule has 0 saturated carbocycles. The second-order valence-corrected chi connectivity index (χ2v) is 7.77. The summed E-state index contributed by atoms with van der Waals surface area (Å²) in [6, 6.07) is 17.2. The van der Waals surface area contributed by atoms with Gasteiger partial charge in [-0.15, -0.1) is 11.3 Å². The molecular weight excluding hydrogens is 394 g/mol. The van der Waals surface area contributed by atoms with Gasteiger partial charge in [0.05, 0.1) is 0 Å². The first-order valence-corrected chi connectivity index (χ1v) is 9.82. The maximum absolute atomic E-state index is 12.8. The minimum absolute atomic E-state index is 0.291. The molecule has 0 aliphatic carbocycles. The Morgan fingerprint density at radius 1 is 1.18 bits per heavy atom. The van der Waals surface area contributed by atoms with E-state index >= 15 is 0 Å². The first-order valence-electron chi connectivity index (χ1n) is 8.62. The smallest absolute Gasteiger partial charge is 0.263 e. The molecule has 2 heterocycles. The molecule has 5 nitrogen and oxygen atoms in total. The molecule has 2 aromatic carbocycles. The van der Waals surface area contributed by atoms with Crippen LogP contribution < -0.4 is 5.32 Å². The standard InChI is InChI=1S/C21H16ClN3O2S/c1-13-18(19(25-27-13)15-7-3-2-4-8-15)20(26)24-21-23-12-17(28-21)11-14-6-5-9-16(22)10-14/h2-10,12H,11H2,1H3,(H,23,24,26). The molecule has 0 aliphatic rings. The topological polar surface area (TPSA) is 68.0 Å². The van der Waals surface area contributed by atoms with Gasteiger partial charge in [-0.1, -0.05) is 59.2 Å². The van der Waals surface area contributed by atoms with Crippen molar-refractivity contribution in [3.8, 4) is 11.3 Å². The molecule has 28 heavy (non-hydrogen) atoms. The van der Waals surface area contributed by atoms with E-state index in [2.05, 4.69) is 15.5 Å². The Hall–Kier alpha value is -2.96. The number of nitrogens with one attached hydrogen (secondary N) is 1. The zero-order valence-corrected chi connectivity index (χ0v) is 16.6. The predicted molar refractivity (Wildman–Crippen MR) is 111 cm³/mol. The van der Waals surface area contributed by atoms with E-state index in [0.29, 0.717) is 33.6 Å². The first kappa shape index (κ1) is 18.4. The van der Waals surface area contributed by atoms with Crippen LogP contribution in [-0.2, 0) is 6.42 Å². The third-order valence-electron chi connectivity index (χ3n) is 4.18. The van der Waals surface area contributed by atoms with Crippen molar-refractivity contribution in [1.82, 2.24) is 10.1 Å². The van der Waals surface area contributed by atoms with E-state index < -0.39 is 0 Å². The molecule has 140 valence electrons. The van der Waals surface area contributed by atoms with Crippen LogP contribution in [0.1, 0.15) is 26.6 Å². The number of hydrogen-bond donors (Lipinski definition) is 1. The lowest BCUT2D eigenvalue weighted by molar-refractivity contribution is 0.102. The Labute approximate surface area is 171 Å².